The van der Waals surface area contributed by atoms with Crippen molar-refractivity contribution in [3.05, 3.63) is 59.7 Å². The third-order valence-corrected chi connectivity index (χ3v) is 3.14. The first-order valence-corrected chi connectivity index (χ1v) is 6.97. The van der Waals surface area contributed by atoms with Crippen LogP contribution in [0.3, 0.4) is 0 Å². The lowest BCUT2D eigenvalue weighted by atomic mass is 10.1. The Morgan fingerprint density at radius 1 is 1.17 bits per heavy atom. The zero-order valence-electron chi connectivity index (χ0n) is 12.9. The van der Waals surface area contributed by atoms with E-state index in [2.05, 4.69) is 5.32 Å². The summed E-state index contributed by atoms with van der Waals surface area (Å²) in [6, 6.07) is 11.7. The average Bonchev–Trinajstić information content (AvgIpc) is 2.52. The van der Waals surface area contributed by atoms with Crippen LogP contribution in [0.2, 0.25) is 0 Å². The third-order valence-electron chi connectivity index (χ3n) is 3.14. The minimum absolute atomic E-state index is 0.158. The summed E-state index contributed by atoms with van der Waals surface area (Å²) < 4.78 is 5.21. The van der Waals surface area contributed by atoms with Crippen LogP contribution in [-0.4, -0.2) is 23.9 Å². The van der Waals surface area contributed by atoms with Crippen molar-refractivity contribution in [1.29, 1.82) is 0 Å². The summed E-state index contributed by atoms with van der Waals surface area (Å²) >= 11 is 0. The van der Waals surface area contributed by atoms with E-state index < -0.39 is 0 Å². The largest absolute Gasteiger partial charge is 0.507 e. The lowest BCUT2D eigenvalue weighted by Crippen LogP contribution is -2.06. The molecule has 0 radical (unpaired) electrons. The van der Waals surface area contributed by atoms with Crippen LogP contribution in [0.25, 0.3) is 6.08 Å². The van der Waals surface area contributed by atoms with Gasteiger partial charge in [0.1, 0.15) is 11.5 Å². The van der Waals surface area contributed by atoms with E-state index in [1.807, 2.05) is 18.2 Å². The van der Waals surface area contributed by atoms with Gasteiger partial charge in [0.15, 0.2) is 5.78 Å². The monoisotopic (exact) mass is 311 g/mol. The number of amides is 1. The van der Waals surface area contributed by atoms with Crippen molar-refractivity contribution in [3.8, 4) is 11.5 Å². The highest BCUT2D eigenvalue weighted by Gasteiger charge is 2.10. The molecule has 2 rings (SSSR count). The lowest BCUT2D eigenvalue weighted by Gasteiger charge is -2.06. The SMILES string of the molecule is COc1ccccc1C=CC(=O)c1ccc(NC(C)=O)cc1O. The van der Waals surface area contributed by atoms with Crippen molar-refractivity contribution in [2.45, 2.75) is 6.92 Å². The number of hydrogen-bond acceptors (Lipinski definition) is 4. The quantitative estimate of drug-likeness (QED) is 0.656. The van der Waals surface area contributed by atoms with Gasteiger partial charge < -0.3 is 15.2 Å². The van der Waals surface area contributed by atoms with Crippen molar-refractivity contribution in [2.75, 3.05) is 12.4 Å². The number of aromatic hydroxyl groups is 1. The molecule has 0 aromatic heterocycles. The number of ketones is 1. The Balaban J connectivity index is 2.20. The average molecular weight is 311 g/mol. The van der Waals surface area contributed by atoms with Crippen molar-refractivity contribution >= 4 is 23.5 Å². The molecule has 0 heterocycles. The summed E-state index contributed by atoms with van der Waals surface area (Å²) in [5.41, 5.74) is 1.35. The molecule has 2 aromatic rings. The maximum Gasteiger partial charge on any atom is 0.221 e. The van der Waals surface area contributed by atoms with Gasteiger partial charge >= 0.3 is 0 Å². The highest BCUT2D eigenvalue weighted by molar-refractivity contribution is 6.09. The Labute approximate surface area is 134 Å². The first-order valence-electron chi connectivity index (χ1n) is 6.97. The molecule has 0 bridgehead atoms. The third kappa shape index (κ3) is 4.20. The number of anilines is 1. The molecule has 2 aromatic carbocycles. The molecule has 0 atom stereocenters. The van der Waals surface area contributed by atoms with E-state index in [4.69, 9.17) is 4.74 Å². The minimum Gasteiger partial charge on any atom is -0.507 e. The second-order valence-electron chi connectivity index (χ2n) is 4.85. The van der Waals surface area contributed by atoms with Crippen LogP contribution in [0.1, 0.15) is 22.8 Å². The predicted octanol–water partition coefficient (Wildman–Crippen LogP) is 3.26. The maximum atomic E-state index is 12.2. The minimum atomic E-state index is -0.345. The predicted molar refractivity (Wildman–Crippen MR) is 88.8 cm³/mol. The summed E-state index contributed by atoms with van der Waals surface area (Å²) in [6.45, 7) is 1.37. The number of carbonyl (C=O) groups excluding carboxylic acids is 2. The summed E-state index contributed by atoms with van der Waals surface area (Å²) in [4.78, 5) is 23.2. The molecule has 23 heavy (non-hydrogen) atoms. The first-order chi connectivity index (χ1) is 11.0. The van der Waals surface area contributed by atoms with Gasteiger partial charge in [-0.2, -0.15) is 0 Å². The summed E-state index contributed by atoms with van der Waals surface area (Å²) in [5.74, 6) is -0.130. The second-order valence-corrected chi connectivity index (χ2v) is 4.85. The maximum absolute atomic E-state index is 12.2. The number of hydrogen-bond donors (Lipinski definition) is 2. The van der Waals surface area contributed by atoms with Crippen molar-refractivity contribution < 1.29 is 19.4 Å². The number of carbonyl (C=O) groups is 2. The van der Waals surface area contributed by atoms with Gasteiger partial charge in [0, 0.05) is 24.2 Å². The van der Waals surface area contributed by atoms with Crippen LogP contribution in [-0.2, 0) is 4.79 Å². The molecule has 118 valence electrons. The zero-order valence-corrected chi connectivity index (χ0v) is 12.9. The van der Waals surface area contributed by atoms with Gasteiger partial charge in [0.05, 0.1) is 12.7 Å². The number of methoxy groups -OCH3 is 1. The van der Waals surface area contributed by atoms with Crippen LogP contribution in [0.4, 0.5) is 5.69 Å². The second kappa shape index (κ2) is 7.26. The van der Waals surface area contributed by atoms with Gasteiger partial charge in [0.2, 0.25) is 5.91 Å². The van der Waals surface area contributed by atoms with Gasteiger partial charge in [0.25, 0.3) is 0 Å². The Morgan fingerprint density at radius 2 is 1.91 bits per heavy atom. The smallest absolute Gasteiger partial charge is 0.221 e. The molecule has 0 saturated carbocycles. The fourth-order valence-electron chi connectivity index (χ4n) is 2.08. The molecule has 2 N–H and O–H groups in total. The molecule has 0 fully saturated rings. The number of nitrogens with one attached hydrogen (secondary N) is 1. The molecule has 0 aliphatic heterocycles. The van der Waals surface area contributed by atoms with Crippen molar-refractivity contribution in [2.24, 2.45) is 0 Å². The Bertz CT molecular complexity index is 765. The van der Waals surface area contributed by atoms with Gasteiger partial charge in [-0.05, 0) is 30.4 Å². The molecular formula is C18H17NO4. The summed E-state index contributed by atoms with van der Waals surface area (Å²) in [7, 11) is 1.56. The van der Waals surface area contributed by atoms with E-state index in [0.717, 1.165) is 5.56 Å². The van der Waals surface area contributed by atoms with Crippen LogP contribution < -0.4 is 10.1 Å². The normalized spacial score (nSPS) is 10.5. The number of phenols is 1. The van der Waals surface area contributed by atoms with E-state index in [-0.39, 0.29) is 23.0 Å². The number of benzene rings is 2. The summed E-state index contributed by atoms with van der Waals surface area (Å²) in [6.07, 6.45) is 2.99. The summed E-state index contributed by atoms with van der Waals surface area (Å²) in [5, 5.41) is 12.5. The molecule has 0 aliphatic rings. The Morgan fingerprint density at radius 3 is 2.57 bits per heavy atom. The Hall–Kier alpha value is -3.08. The number of rotatable bonds is 5. The van der Waals surface area contributed by atoms with Gasteiger partial charge in [-0.3, -0.25) is 9.59 Å². The van der Waals surface area contributed by atoms with Gasteiger partial charge in [-0.1, -0.05) is 18.2 Å². The van der Waals surface area contributed by atoms with E-state index in [1.165, 1.54) is 25.1 Å². The van der Waals surface area contributed by atoms with Crippen LogP contribution >= 0.6 is 0 Å². The Kier molecular flexibility index (Phi) is 5.15. The fraction of sp³-hybridized carbons (Fsp3) is 0.111. The van der Waals surface area contributed by atoms with E-state index in [9.17, 15) is 14.7 Å². The van der Waals surface area contributed by atoms with Crippen molar-refractivity contribution in [3.63, 3.8) is 0 Å². The number of ether oxygens (including phenoxy) is 1. The topological polar surface area (TPSA) is 75.6 Å². The van der Waals surface area contributed by atoms with Gasteiger partial charge in [-0.15, -0.1) is 0 Å². The number of phenolic OH excluding ortho intramolecular Hbond substituents is 1. The first kappa shape index (κ1) is 16.3. The van der Waals surface area contributed by atoms with Gasteiger partial charge in [-0.25, -0.2) is 0 Å². The molecule has 1 amide bonds. The number of allylic oxidation sites excluding steroid dienone is 1. The van der Waals surface area contributed by atoms with Crippen LogP contribution in [0.5, 0.6) is 11.5 Å². The molecule has 0 unspecified atom stereocenters. The lowest BCUT2D eigenvalue weighted by molar-refractivity contribution is -0.114. The molecule has 5 heteroatoms. The molecular weight excluding hydrogens is 294 g/mol. The standard InChI is InChI=1S/C18H17NO4/c1-12(20)19-14-8-9-15(17(22)11-14)16(21)10-7-13-5-3-4-6-18(13)23-2/h3-11,22H,1-2H3,(H,19,20). The van der Waals surface area contributed by atoms with Crippen LogP contribution in [0.15, 0.2) is 48.5 Å². The molecule has 0 aliphatic carbocycles. The number of para-hydroxylation sites is 1. The molecule has 5 nitrogen and oxygen atoms in total. The van der Waals surface area contributed by atoms with E-state index in [0.29, 0.717) is 11.4 Å². The fourth-order valence-corrected chi connectivity index (χ4v) is 2.08. The van der Waals surface area contributed by atoms with Crippen LogP contribution in [0, 0.1) is 0 Å². The highest BCUT2D eigenvalue weighted by atomic mass is 16.5. The molecule has 0 saturated heterocycles. The zero-order chi connectivity index (χ0) is 16.8. The van der Waals surface area contributed by atoms with E-state index in [1.54, 1.807) is 25.3 Å². The highest BCUT2D eigenvalue weighted by Crippen LogP contribution is 2.24. The van der Waals surface area contributed by atoms with E-state index >= 15 is 0 Å². The van der Waals surface area contributed by atoms with Crippen molar-refractivity contribution in [1.82, 2.24) is 0 Å². The molecule has 0 spiro atoms.